The van der Waals surface area contributed by atoms with Crippen molar-refractivity contribution in [2.24, 2.45) is 17.8 Å². The summed E-state index contributed by atoms with van der Waals surface area (Å²) in [5.41, 5.74) is 1.73. The SMILES string of the molecule is N#CCOc1ccccc1C12CC3CC(CC(C3)C1)C2. The number of hydrogen-bond donors (Lipinski definition) is 0. The highest BCUT2D eigenvalue weighted by Crippen LogP contribution is 2.61. The molecule has 1 aromatic rings. The van der Waals surface area contributed by atoms with Crippen molar-refractivity contribution in [1.29, 1.82) is 5.26 Å². The summed E-state index contributed by atoms with van der Waals surface area (Å²) in [7, 11) is 0. The fourth-order valence-electron chi connectivity index (χ4n) is 5.58. The Kier molecular flexibility index (Phi) is 2.77. The average Bonchev–Trinajstić information content (AvgIpc) is 2.44. The van der Waals surface area contributed by atoms with Gasteiger partial charge in [-0.25, -0.2) is 0 Å². The van der Waals surface area contributed by atoms with Crippen LogP contribution in [0.3, 0.4) is 0 Å². The molecule has 1 aromatic carbocycles. The zero-order valence-electron chi connectivity index (χ0n) is 11.8. The molecule has 0 aliphatic heterocycles. The van der Waals surface area contributed by atoms with E-state index in [-0.39, 0.29) is 6.61 Å². The van der Waals surface area contributed by atoms with Crippen LogP contribution in [-0.4, -0.2) is 6.61 Å². The molecule has 0 spiro atoms. The van der Waals surface area contributed by atoms with Crippen LogP contribution >= 0.6 is 0 Å². The molecule has 5 rings (SSSR count). The Morgan fingerprint density at radius 1 is 1.05 bits per heavy atom. The molecule has 0 saturated heterocycles. The van der Waals surface area contributed by atoms with E-state index in [0.717, 1.165) is 23.5 Å². The Morgan fingerprint density at radius 3 is 2.25 bits per heavy atom. The van der Waals surface area contributed by atoms with Crippen LogP contribution in [-0.2, 0) is 5.41 Å². The molecule has 2 heteroatoms. The number of nitriles is 1. The van der Waals surface area contributed by atoms with Gasteiger partial charge in [0.1, 0.15) is 11.8 Å². The van der Waals surface area contributed by atoms with Gasteiger partial charge in [-0.15, -0.1) is 0 Å². The maximum Gasteiger partial charge on any atom is 0.174 e. The molecule has 0 heterocycles. The van der Waals surface area contributed by atoms with Crippen LogP contribution in [0.2, 0.25) is 0 Å². The van der Waals surface area contributed by atoms with Gasteiger partial charge < -0.3 is 4.74 Å². The quantitative estimate of drug-likeness (QED) is 0.827. The Hall–Kier alpha value is -1.49. The summed E-state index contributed by atoms with van der Waals surface area (Å²) in [6, 6.07) is 10.5. The van der Waals surface area contributed by atoms with Gasteiger partial charge in [-0.2, -0.15) is 5.26 Å². The van der Waals surface area contributed by atoms with Crippen LogP contribution in [0.5, 0.6) is 5.75 Å². The second kappa shape index (κ2) is 4.52. The minimum absolute atomic E-state index is 0.156. The van der Waals surface area contributed by atoms with Gasteiger partial charge in [0, 0.05) is 5.56 Å². The first-order valence-corrected chi connectivity index (χ1v) is 7.88. The van der Waals surface area contributed by atoms with Crippen molar-refractivity contribution < 1.29 is 4.74 Å². The first-order valence-electron chi connectivity index (χ1n) is 7.88. The zero-order valence-corrected chi connectivity index (χ0v) is 11.8. The summed E-state index contributed by atoms with van der Waals surface area (Å²) in [5.74, 6) is 3.76. The van der Waals surface area contributed by atoms with Gasteiger partial charge in [0.2, 0.25) is 0 Å². The second-order valence-electron chi connectivity index (χ2n) is 7.14. The van der Waals surface area contributed by atoms with E-state index in [0.29, 0.717) is 5.41 Å². The lowest BCUT2D eigenvalue weighted by Gasteiger charge is -2.57. The Morgan fingerprint density at radius 2 is 1.65 bits per heavy atom. The number of para-hydroxylation sites is 1. The lowest BCUT2D eigenvalue weighted by atomic mass is 9.48. The molecule has 0 unspecified atom stereocenters. The van der Waals surface area contributed by atoms with Gasteiger partial charge >= 0.3 is 0 Å². The zero-order chi connectivity index (χ0) is 13.6. The summed E-state index contributed by atoms with van der Waals surface area (Å²) in [6.07, 6.45) is 8.39. The largest absolute Gasteiger partial charge is 0.478 e. The highest BCUT2D eigenvalue weighted by atomic mass is 16.5. The highest BCUT2D eigenvalue weighted by molar-refractivity contribution is 5.41. The normalized spacial score (nSPS) is 37.6. The third-order valence-corrected chi connectivity index (χ3v) is 5.79. The van der Waals surface area contributed by atoms with Crippen molar-refractivity contribution in [1.82, 2.24) is 0 Å². The molecule has 104 valence electrons. The summed E-state index contributed by atoms with van der Waals surface area (Å²) >= 11 is 0. The molecule has 0 aromatic heterocycles. The molecule has 0 radical (unpaired) electrons. The number of nitrogens with zero attached hydrogens (tertiary/aromatic N) is 1. The molecular weight excluding hydrogens is 246 g/mol. The molecule has 4 aliphatic rings. The standard InChI is InChI=1S/C18H21NO/c19-5-6-20-17-4-2-1-3-16(17)18-10-13-7-14(11-18)9-15(8-13)12-18/h1-4,13-15H,6-12H2. The Bertz CT molecular complexity index is 521. The van der Waals surface area contributed by atoms with E-state index in [1.54, 1.807) is 0 Å². The summed E-state index contributed by atoms with van der Waals surface area (Å²) in [4.78, 5) is 0. The van der Waals surface area contributed by atoms with Crippen LogP contribution in [0.1, 0.15) is 44.1 Å². The van der Waals surface area contributed by atoms with Crippen molar-refractivity contribution in [2.75, 3.05) is 6.61 Å². The van der Waals surface area contributed by atoms with E-state index in [4.69, 9.17) is 10.00 Å². The summed E-state index contributed by atoms with van der Waals surface area (Å²) in [6.45, 7) is 0.156. The van der Waals surface area contributed by atoms with Gasteiger partial charge in [0.25, 0.3) is 0 Å². The van der Waals surface area contributed by atoms with Crippen molar-refractivity contribution in [3.8, 4) is 11.8 Å². The third-order valence-electron chi connectivity index (χ3n) is 5.79. The Labute approximate surface area is 120 Å². The van der Waals surface area contributed by atoms with E-state index in [1.807, 2.05) is 12.1 Å². The third kappa shape index (κ3) is 1.84. The fourth-order valence-corrected chi connectivity index (χ4v) is 5.58. The van der Waals surface area contributed by atoms with E-state index in [9.17, 15) is 0 Å². The molecule has 0 N–H and O–H groups in total. The smallest absolute Gasteiger partial charge is 0.174 e. The molecule has 20 heavy (non-hydrogen) atoms. The molecule has 0 amide bonds. The molecule has 2 nitrogen and oxygen atoms in total. The summed E-state index contributed by atoms with van der Waals surface area (Å²) in [5, 5.41) is 8.78. The number of rotatable bonds is 3. The van der Waals surface area contributed by atoms with E-state index < -0.39 is 0 Å². The van der Waals surface area contributed by atoms with Crippen LogP contribution < -0.4 is 4.74 Å². The van der Waals surface area contributed by atoms with Crippen molar-refractivity contribution >= 4 is 0 Å². The van der Waals surface area contributed by atoms with Gasteiger partial charge in [0.05, 0.1) is 0 Å². The average molecular weight is 267 g/mol. The van der Waals surface area contributed by atoms with Gasteiger partial charge in [-0.05, 0) is 67.8 Å². The summed E-state index contributed by atoms with van der Waals surface area (Å²) < 4.78 is 5.71. The monoisotopic (exact) mass is 267 g/mol. The first kappa shape index (κ1) is 12.3. The van der Waals surface area contributed by atoms with Gasteiger partial charge in [-0.1, -0.05) is 18.2 Å². The van der Waals surface area contributed by atoms with E-state index >= 15 is 0 Å². The fraction of sp³-hybridized carbons (Fsp3) is 0.611. The first-order chi connectivity index (χ1) is 9.79. The van der Waals surface area contributed by atoms with Gasteiger partial charge in [-0.3, -0.25) is 0 Å². The van der Waals surface area contributed by atoms with Crippen LogP contribution in [0.15, 0.2) is 24.3 Å². The molecule has 0 atom stereocenters. The van der Waals surface area contributed by atoms with Crippen molar-refractivity contribution in [3.63, 3.8) is 0 Å². The number of benzene rings is 1. The number of ether oxygens (including phenoxy) is 1. The maximum absolute atomic E-state index is 8.78. The highest BCUT2D eigenvalue weighted by Gasteiger charge is 2.52. The Balaban J connectivity index is 1.72. The topological polar surface area (TPSA) is 33.0 Å². The molecule has 4 fully saturated rings. The molecule has 4 aliphatic carbocycles. The van der Waals surface area contributed by atoms with Crippen LogP contribution in [0.4, 0.5) is 0 Å². The van der Waals surface area contributed by atoms with Crippen molar-refractivity contribution in [3.05, 3.63) is 29.8 Å². The molecule has 4 saturated carbocycles. The molecular formula is C18H21NO. The predicted molar refractivity (Wildman–Crippen MR) is 77.4 cm³/mol. The lowest BCUT2D eigenvalue weighted by molar-refractivity contribution is -0.00626. The second-order valence-corrected chi connectivity index (χ2v) is 7.14. The van der Waals surface area contributed by atoms with Crippen LogP contribution in [0.25, 0.3) is 0 Å². The lowest BCUT2D eigenvalue weighted by Crippen LogP contribution is -2.48. The number of hydrogen-bond acceptors (Lipinski definition) is 2. The van der Waals surface area contributed by atoms with E-state index in [2.05, 4.69) is 18.2 Å². The van der Waals surface area contributed by atoms with E-state index in [1.165, 1.54) is 44.1 Å². The maximum atomic E-state index is 8.78. The molecule has 4 bridgehead atoms. The predicted octanol–water partition coefficient (Wildman–Crippen LogP) is 4.06. The minimum Gasteiger partial charge on any atom is -0.478 e. The van der Waals surface area contributed by atoms with Crippen LogP contribution in [0, 0.1) is 29.1 Å². The minimum atomic E-state index is 0.156. The van der Waals surface area contributed by atoms with Gasteiger partial charge in [0.15, 0.2) is 6.61 Å². The van der Waals surface area contributed by atoms with Crippen molar-refractivity contribution in [2.45, 2.75) is 43.9 Å².